The van der Waals surface area contributed by atoms with Crippen LogP contribution in [0.25, 0.3) is 0 Å². The van der Waals surface area contributed by atoms with E-state index in [-0.39, 0.29) is 17.1 Å². The van der Waals surface area contributed by atoms with E-state index in [4.69, 9.17) is 0 Å². The van der Waals surface area contributed by atoms with Crippen molar-refractivity contribution in [3.63, 3.8) is 0 Å². The summed E-state index contributed by atoms with van der Waals surface area (Å²) >= 11 is 0. The Kier molecular flexibility index (Phi) is 5.40. The van der Waals surface area contributed by atoms with Crippen LogP contribution in [0.5, 0.6) is 0 Å². The van der Waals surface area contributed by atoms with Crippen molar-refractivity contribution < 1.29 is 17.1 Å². The molecule has 1 heterocycles. The van der Waals surface area contributed by atoms with Gasteiger partial charge in [-0.15, -0.1) is 0 Å². The minimum absolute atomic E-state index is 0. The maximum absolute atomic E-state index is 1.64. The molecule has 7 heavy (non-hydrogen) atoms. The molecule has 2 heteroatoms. The fraction of sp³-hybridized carbons (Fsp3) is 1.00. The zero-order chi connectivity index (χ0) is 4.24. The second-order valence-electron chi connectivity index (χ2n) is 2.12. The summed E-state index contributed by atoms with van der Waals surface area (Å²) in [5.74, 6) is 0. The van der Waals surface area contributed by atoms with Gasteiger partial charge in [-0.05, 0) is 0 Å². The standard InChI is InChI=1S/C5H12Si.Cu/c1-2-4-6-5-3-1;/h1-6H2;. The predicted molar refractivity (Wildman–Crippen MR) is 32.0 cm³/mol. The smallest absolute Gasteiger partial charge is 0.0197 e. The third kappa shape index (κ3) is 3.33. The molecule has 1 aliphatic rings. The van der Waals surface area contributed by atoms with Crippen LogP contribution in [0, 0.1) is 0 Å². The van der Waals surface area contributed by atoms with Crippen molar-refractivity contribution in [3.8, 4) is 0 Å². The van der Waals surface area contributed by atoms with Crippen molar-refractivity contribution in [3.05, 3.63) is 0 Å². The Balaban J connectivity index is 0.000000360. The third-order valence-corrected chi connectivity index (χ3v) is 3.50. The summed E-state index contributed by atoms with van der Waals surface area (Å²) < 4.78 is 0. The number of hydrogen-bond acceptors (Lipinski definition) is 0. The summed E-state index contributed by atoms with van der Waals surface area (Å²) in [5.41, 5.74) is 0. The Morgan fingerprint density at radius 1 is 0.857 bits per heavy atom. The molecule has 0 N–H and O–H groups in total. The monoisotopic (exact) mass is 163 g/mol. The van der Waals surface area contributed by atoms with Crippen molar-refractivity contribution in [2.24, 2.45) is 0 Å². The molecule has 47 valence electrons. The molecule has 1 fully saturated rings. The van der Waals surface area contributed by atoms with Crippen molar-refractivity contribution >= 4 is 9.52 Å². The van der Waals surface area contributed by atoms with Gasteiger partial charge in [-0.1, -0.05) is 31.4 Å². The van der Waals surface area contributed by atoms with Crippen LogP contribution in [0.1, 0.15) is 19.3 Å². The van der Waals surface area contributed by atoms with Crippen molar-refractivity contribution in [1.29, 1.82) is 0 Å². The maximum Gasteiger partial charge on any atom is 0.0197 e. The van der Waals surface area contributed by atoms with E-state index in [0.717, 1.165) is 0 Å². The molecule has 0 aromatic rings. The predicted octanol–water partition coefficient (Wildman–Crippen LogP) is 1.17. The van der Waals surface area contributed by atoms with Crippen LogP contribution in [-0.4, -0.2) is 9.52 Å². The van der Waals surface area contributed by atoms with E-state index in [0.29, 0.717) is 9.52 Å². The molecule has 1 rings (SSSR count). The number of hydrogen-bond donors (Lipinski definition) is 0. The SMILES string of the molecule is C1CC[SiH2]CC1.[Cu]. The van der Waals surface area contributed by atoms with Crippen molar-refractivity contribution in [1.82, 2.24) is 0 Å². The minimum Gasteiger partial charge on any atom is -0.0628 e. The van der Waals surface area contributed by atoms with Gasteiger partial charge >= 0.3 is 0 Å². The van der Waals surface area contributed by atoms with E-state index in [2.05, 4.69) is 0 Å². The first kappa shape index (κ1) is 7.74. The Labute approximate surface area is 58.4 Å². The Hall–Kier alpha value is 0.736. The van der Waals surface area contributed by atoms with Gasteiger partial charge in [0.15, 0.2) is 0 Å². The molecule has 0 amide bonds. The molecule has 1 aliphatic heterocycles. The topological polar surface area (TPSA) is 0 Å². The molecule has 0 unspecified atom stereocenters. The maximum atomic E-state index is 1.64. The quantitative estimate of drug-likeness (QED) is 0.471. The van der Waals surface area contributed by atoms with E-state index >= 15 is 0 Å². The summed E-state index contributed by atoms with van der Waals surface area (Å²) in [4.78, 5) is 0. The Bertz CT molecular complexity index is 23.6. The van der Waals surface area contributed by atoms with E-state index in [1.807, 2.05) is 0 Å². The molecule has 0 atom stereocenters. The van der Waals surface area contributed by atoms with Gasteiger partial charge in [-0.3, -0.25) is 0 Å². The van der Waals surface area contributed by atoms with Gasteiger partial charge in [0.2, 0.25) is 0 Å². The summed E-state index contributed by atoms with van der Waals surface area (Å²) in [6.07, 6.45) is 4.66. The minimum atomic E-state index is 0. The molecule has 0 nitrogen and oxygen atoms in total. The normalized spacial score (nSPS) is 20.6. The first-order valence-electron chi connectivity index (χ1n) is 3.00. The van der Waals surface area contributed by atoms with E-state index in [1.165, 1.54) is 6.42 Å². The van der Waals surface area contributed by atoms with Gasteiger partial charge in [-0.2, -0.15) is 0 Å². The fourth-order valence-electron chi connectivity index (χ4n) is 1.06. The molecule has 0 spiro atoms. The molecule has 0 bridgehead atoms. The molecular weight excluding hydrogens is 152 g/mol. The van der Waals surface area contributed by atoms with Crippen LogP contribution in [0.3, 0.4) is 0 Å². The second-order valence-corrected chi connectivity index (χ2v) is 4.24. The van der Waals surface area contributed by atoms with Crippen molar-refractivity contribution in [2.45, 2.75) is 31.4 Å². The Morgan fingerprint density at radius 2 is 1.43 bits per heavy atom. The van der Waals surface area contributed by atoms with Crippen LogP contribution < -0.4 is 0 Å². The largest absolute Gasteiger partial charge is 0.0628 e. The van der Waals surface area contributed by atoms with Crippen molar-refractivity contribution in [2.75, 3.05) is 0 Å². The summed E-state index contributed by atoms with van der Waals surface area (Å²) in [5, 5.41) is 0. The average molecular weight is 164 g/mol. The van der Waals surface area contributed by atoms with Crippen LogP contribution in [0.15, 0.2) is 0 Å². The second kappa shape index (κ2) is 4.88. The summed E-state index contributed by atoms with van der Waals surface area (Å²) in [6, 6.07) is 3.28. The van der Waals surface area contributed by atoms with Gasteiger partial charge in [0.1, 0.15) is 0 Å². The first-order valence-corrected chi connectivity index (χ1v) is 5.00. The molecule has 1 radical (unpaired) electrons. The van der Waals surface area contributed by atoms with Gasteiger partial charge in [0.05, 0.1) is 0 Å². The molecule has 0 aromatic carbocycles. The average Bonchev–Trinajstić information content (AvgIpc) is 1.72. The van der Waals surface area contributed by atoms with Crippen LogP contribution in [0.2, 0.25) is 12.1 Å². The Morgan fingerprint density at radius 3 is 1.57 bits per heavy atom. The van der Waals surface area contributed by atoms with E-state index in [1.54, 1.807) is 24.9 Å². The van der Waals surface area contributed by atoms with Crippen LogP contribution in [0.4, 0.5) is 0 Å². The molecule has 0 saturated carbocycles. The fourth-order valence-corrected chi connectivity index (χ4v) is 2.83. The van der Waals surface area contributed by atoms with Crippen LogP contribution in [-0.2, 0) is 17.1 Å². The number of rotatable bonds is 0. The van der Waals surface area contributed by atoms with Gasteiger partial charge in [0, 0.05) is 26.6 Å². The van der Waals surface area contributed by atoms with Crippen LogP contribution >= 0.6 is 0 Å². The molecule has 0 aliphatic carbocycles. The van der Waals surface area contributed by atoms with E-state index in [9.17, 15) is 0 Å². The summed E-state index contributed by atoms with van der Waals surface area (Å²) in [6.45, 7) is 0. The van der Waals surface area contributed by atoms with Gasteiger partial charge in [-0.25, -0.2) is 0 Å². The summed E-state index contributed by atoms with van der Waals surface area (Å²) in [7, 11) is 0.508. The molecule has 1 saturated heterocycles. The third-order valence-electron chi connectivity index (χ3n) is 1.50. The molecule has 0 aromatic heterocycles. The first-order chi connectivity index (χ1) is 3.00. The van der Waals surface area contributed by atoms with Gasteiger partial charge in [0.25, 0.3) is 0 Å². The molecular formula is C5H12CuSi. The zero-order valence-electron chi connectivity index (χ0n) is 4.54. The van der Waals surface area contributed by atoms with E-state index < -0.39 is 0 Å². The van der Waals surface area contributed by atoms with Gasteiger partial charge < -0.3 is 0 Å². The zero-order valence-corrected chi connectivity index (χ0v) is 6.90.